The number of carbonyl (C=O) groups is 1. The van der Waals surface area contributed by atoms with Gasteiger partial charge in [-0.15, -0.1) is 0 Å². The van der Waals surface area contributed by atoms with Crippen molar-refractivity contribution in [2.45, 2.75) is 32.9 Å². The second kappa shape index (κ2) is 8.92. The van der Waals surface area contributed by atoms with E-state index in [2.05, 4.69) is 20.8 Å². The molecule has 0 aliphatic rings. The molecule has 1 aromatic heterocycles. The second-order valence-corrected chi connectivity index (χ2v) is 6.30. The molecule has 6 nitrogen and oxygen atoms in total. The summed E-state index contributed by atoms with van der Waals surface area (Å²) in [5.74, 6) is -0.309. The van der Waals surface area contributed by atoms with Crippen LogP contribution in [0.1, 0.15) is 37.8 Å². The van der Waals surface area contributed by atoms with Crippen molar-refractivity contribution in [3.63, 3.8) is 0 Å². The summed E-state index contributed by atoms with van der Waals surface area (Å²) in [4.78, 5) is 15.3. The number of amides is 1. The first-order chi connectivity index (χ1) is 13.1. The fraction of sp³-hybridized carbons (Fsp3) is 0.278. The summed E-state index contributed by atoms with van der Waals surface area (Å²) < 4.78 is 38.0. The van der Waals surface area contributed by atoms with E-state index in [1.807, 2.05) is 6.92 Å². The molecule has 0 fully saturated rings. The molecule has 150 valence electrons. The van der Waals surface area contributed by atoms with Crippen LogP contribution in [0.3, 0.4) is 0 Å². The minimum absolute atomic E-state index is 0.0686. The van der Waals surface area contributed by atoms with Crippen LogP contribution in [0.4, 0.5) is 24.7 Å². The number of hydrazone groups is 1. The van der Waals surface area contributed by atoms with E-state index in [1.54, 1.807) is 13.0 Å². The summed E-state index contributed by atoms with van der Waals surface area (Å²) in [5.41, 5.74) is 2.61. The van der Waals surface area contributed by atoms with Crippen molar-refractivity contribution in [3.8, 4) is 5.75 Å². The van der Waals surface area contributed by atoms with Gasteiger partial charge in [0, 0.05) is 23.9 Å². The molecule has 1 amide bonds. The molecule has 0 aliphatic heterocycles. The summed E-state index contributed by atoms with van der Waals surface area (Å²) in [6.45, 7) is 3.45. The van der Waals surface area contributed by atoms with Gasteiger partial charge in [-0.3, -0.25) is 10.2 Å². The minimum atomic E-state index is -4.55. The largest absolute Gasteiger partial charge is 0.507 e. The third-order valence-corrected chi connectivity index (χ3v) is 3.93. The van der Waals surface area contributed by atoms with Crippen LogP contribution in [0.5, 0.6) is 5.75 Å². The molecule has 3 N–H and O–H groups in total. The Labute approximate surface area is 164 Å². The maximum Gasteiger partial charge on any atom is 0.417 e. The number of hydrogen-bond acceptors (Lipinski definition) is 5. The van der Waals surface area contributed by atoms with Gasteiger partial charge in [-0.25, -0.2) is 4.98 Å². The van der Waals surface area contributed by atoms with Gasteiger partial charge in [-0.2, -0.15) is 18.3 Å². The van der Waals surface area contributed by atoms with Crippen LogP contribution >= 0.6 is 11.6 Å². The molecule has 0 saturated carbocycles. The van der Waals surface area contributed by atoms with E-state index in [0.717, 1.165) is 6.07 Å². The zero-order valence-electron chi connectivity index (χ0n) is 15.1. The fourth-order valence-electron chi connectivity index (χ4n) is 2.23. The molecule has 0 atom stereocenters. The lowest BCUT2D eigenvalue weighted by atomic mass is 10.1. The summed E-state index contributed by atoms with van der Waals surface area (Å²) >= 11 is 5.82. The molecule has 2 rings (SSSR count). The first-order valence-electron chi connectivity index (χ1n) is 8.28. The molecule has 2 aromatic rings. The molecule has 0 unspecified atom stereocenters. The predicted molar refractivity (Wildman–Crippen MR) is 102 cm³/mol. The van der Waals surface area contributed by atoms with Gasteiger partial charge in [0.2, 0.25) is 5.91 Å². The number of phenolic OH excluding ortho intramolecular Hbond substituents is 1. The number of aromatic hydroxyl groups is 1. The Bertz CT molecular complexity index is 901. The molecule has 0 radical (unpaired) electrons. The maximum atomic E-state index is 12.7. The van der Waals surface area contributed by atoms with E-state index in [9.17, 15) is 23.1 Å². The molecule has 28 heavy (non-hydrogen) atoms. The Kier molecular flexibility index (Phi) is 6.85. The average molecular weight is 415 g/mol. The monoisotopic (exact) mass is 414 g/mol. The van der Waals surface area contributed by atoms with Crippen molar-refractivity contribution in [1.29, 1.82) is 0 Å². The fourth-order valence-corrected chi connectivity index (χ4v) is 2.43. The molecule has 0 spiro atoms. The Hall–Kier alpha value is -2.81. The van der Waals surface area contributed by atoms with Gasteiger partial charge >= 0.3 is 6.18 Å². The number of nitrogens with zero attached hydrogens (tertiary/aromatic N) is 2. The number of aromatic nitrogens is 1. The lowest BCUT2D eigenvalue weighted by molar-refractivity contribution is -0.137. The van der Waals surface area contributed by atoms with Crippen LogP contribution in [0.15, 0.2) is 35.6 Å². The van der Waals surface area contributed by atoms with Crippen molar-refractivity contribution in [2.24, 2.45) is 5.10 Å². The standard InChI is InChI=1S/C18H18ClF3N4O2/c1-3-4-16(28)24-12-5-6-15(27)13(8-12)10(2)25-26-17-14(19)7-11(9-23-17)18(20,21)22/h5-9,27H,3-4H2,1-2H3,(H,23,26)(H,24,28)/b25-10+. The molecule has 0 aliphatic carbocycles. The quantitative estimate of drug-likeness (QED) is 0.351. The molecule has 0 saturated heterocycles. The van der Waals surface area contributed by atoms with E-state index in [-0.39, 0.29) is 22.5 Å². The Morgan fingerprint density at radius 3 is 2.64 bits per heavy atom. The van der Waals surface area contributed by atoms with Gasteiger partial charge in [-0.05, 0) is 37.6 Å². The van der Waals surface area contributed by atoms with Gasteiger partial charge in [0.1, 0.15) is 5.75 Å². The topological polar surface area (TPSA) is 86.6 Å². The number of hydrogen-bond donors (Lipinski definition) is 3. The molecular formula is C18H18ClF3N4O2. The lowest BCUT2D eigenvalue weighted by Gasteiger charge is -2.11. The van der Waals surface area contributed by atoms with Gasteiger partial charge < -0.3 is 10.4 Å². The van der Waals surface area contributed by atoms with Crippen molar-refractivity contribution in [3.05, 3.63) is 46.6 Å². The van der Waals surface area contributed by atoms with Crippen molar-refractivity contribution in [2.75, 3.05) is 10.7 Å². The Morgan fingerprint density at radius 1 is 1.32 bits per heavy atom. The average Bonchev–Trinajstić information content (AvgIpc) is 2.61. The Morgan fingerprint density at radius 2 is 2.04 bits per heavy atom. The lowest BCUT2D eigenvalue weighted by Crippen LogP contribution is -2.11. The second-order valence-electron chi connectivity index (χ2n) is 5.89. The summed E-state index contributed by atoms with van der Waals surface area (Å²) in [6, 6.07) is 5.22. The summed E-state index contributed by atoms with van der Waals surface area (Å²) in [5, 5.41) is 16.5. The van der Waals surface area contributed by atoms with E-state index in [1.165, 1.54) is 12.1 Å². The summed E-state index contributed by atoms with van der Waals surface area (Å²) in [7, 11) is 0. The van der Waals surface area contributed by atoms with E-state index in [4.69, 9.17) is 11.6 Å². The smallest absolute Gasteiger partial charge is 0.417 e. The van der Waals surface area contributed by atoms with Crippen molar-refractivity contribution in [1.82, 2.24) is 4.98 Å². The number of rotatable bonds is 6. The highest BCUT2D eigenvalue weighted by molar-refractivity contribution is 6.33. The van der Waals surface area contributed by atoms with Crippen LogP contribution in [-0.4, -0.2) is 21.7 Å². The van der Waals surface area contributed by atoms with Gasteiger partial charge in [-0.1, -0.05) is 18.5 Å². The number of halogens is 4. The number of nitrogens with one attached hydrogen (secondary N) is 2. The number of phenols is 1. The third-order valence-electron chi connectivity index (χ3n) is 3.65. The number of anilines is 2. The number of pyridine rings is 1. The van der Waals surface area contributed by atoms with Crippen LogP contribution in [0.2, 0.25) is 5.02 Å². The van der Waals surface area contributed by atoms with Crippen molar-refractivity contribution < 1.29 is 23.1 Å². The van der Waals surface area contributed by atoms with Crippen LogP contribution < -0.4 is 10.7 Å². The highest BCUT2D eigenvalue weighted by Crippen LogP contribution is 2.32. The van der Waals surface area contributed by atoms with Gasteiger partial charge in [0.25, 0.3) is 0 Å². The number of carbonyl (C=O) groups excluding carboxylic acids is 1. The molecule has 0 bridgehead atoms. The normalized spacial score (nSPS) is 12.0. The molecule has 1 heterocycles. The molecular weight excluding hydrogens is 397 g/mol. The van der Waals surface area contributed by atoms with Crippen molar-refractivity contribution >= 4 is 34.7 Å². The van der Waals surface area contributed by atoms with Crippen LogP contribution in [0.25, 0.3) is 0 Å². The van der Waals surface area contributed by atoms with E-state index in [0.29, 0.717) is 36.0 Å². The molecule has 1 aromatic carbocycles. The van der Waals surface area contributed by atoms with Gasteiger partial charge in [0.05, 0.1) is 16.3 Å². The SMILES string of the molecule is CCCC(=O)Nc1ccc(O)c(/C(C)=N/Nc2ncc(C(F)(F)F)cc2Cl)c1. The first-order valence-corrected chi connectivity index (χ1v) is 8.66. The summed E-state index contributed by atoms with van der Waals surface area (Å²) in [6.07, 6.45) is -2.85. The number of benzene rings is 1. The minimum Gasteiger partial charge on any atom is -0.507 e. The Balaban J connectivity index is 2.20. The molecule has 10 heteroatoms. The zero-order chi connectivity index (χ0) is 20.9. The highest BCUT2D eigenvalue weighted by Gasteiger charge is 2.31. The number of alkyl halides is 3. The predicted octanol–water partition coefficient (Wildman–Crippen LogP) is 5.03. The van der Waals surface area contributed by atoms with Crippen LogP contribution in [0, 0.1) is 0 Å². The maximum absolute atomic E-state index is 12.7. The van der Waals surface area contributed by atoms with Gasteiger partial charge in [0.15, 0.2) is 5.82 Å². The highest BCUT2D eigenvalue weighted by atomic mass is 35.5. The van der Waals surface area contributed by atoms with Crippen LogP contribution in [-0.2, 0) is 11.0 Å². The van der Waals surface area contributed by atoms with E-state index >= 15 is 0 Å². The first kappa shape index (κ1) is 21.5. The third kappa shape index (κ3) is 5.59. The van der Waals surface area contributed by atoms with E-state index < -0.39 is 11.7 Å². The zero-order valence-corrected chi connectivity index (χ0v) is 15.8.